The van der Waals surface area contributed by atoms with Crippen molar-refractivity contribution in [1.29, 1.82) is 0 Å². The molecule has 0 saturated heterocycles. The van der Waals surface area contributed by atoms with Gasteiger partial charge in [0.15, 0.2) is 5.69 Å². The topological polar surface area (TPSA) is 93.1 Å². The van der Waals surface area contributed by atoms with Crippen LogP contribution in [0.4, 0.5) is 4.39 Å². The molecule has 0 aliphatic carbocycles. The zero-order valence-electron chi connectivity index (χ0n) is 15.9. The Labute approximate surface area is 166 Å². The molecule has 1 heterocycles. The fraction of sp³-hybridized carbons (Fsp3) is 0.238. The van der Waals surface area contributed by atoms with Crippen LogP contribution in [0.5, 0.6) is 0 Å². The highest BCUT2D eigenvalue weighted by Crippen LogP contribution is 2.13. The molecule has 2 aromatic carbocycles. The van der Waals surface area contributed by atoms with Gasteiger partial charge in [-0.2, -0.15) is 5.10 Å². The molecule has 0 spiro atoms. The molecule has 0 atom stereocenters. The number of carbonyl (C=O) groups excluding carboxylic acids is 2. The number of nitrogens with one attached hydrogen (secondary N) is 2. The maximum Gasteiger partial charge on any atom is 0.290 e. The smallest absolute Gasteiger partial charge is 0.273 e. The molecule has 2 amide bonds. The van der Waals surface area contributed by atoms with Crippen LogP contribution in [0.25, 0.3) is 10.8 Å². The Kier molecular flexibility index (Phi) is 6.33. The van der Waals surface area contributed by atoms with Crippen molar-refractivity contribution in [3.63, 3.8) is 0 Å². The fourth-order valence-corrected chi connectivity index (χ4v) is 2.96. The number of carbonyl (C=O) groups is 2. The summed E-state index contributed by atoms with van der Waals surface area (Å²) >= 11 is 0. The third-order valence-corrected chi connectivity index (χ3v) is 4.36. The molecule has 1 aromatic heterocycles. The van der Waals surface area contributed by atoms with Gasteiger partial charge >= 0.3 is 0 Å². The van der Waals surface area contributed by atoms with Gasteiger partial charge in [-0.15, -0.1) is 0 Å². The highest BCUT2D eigenvalue weighted by Gasteiger charge is 2.17. The second-order valence-electron chi connectivity index (χ2n) is 6.55. The summed E-state index contributed by atoms with van der Waals surface area (Å²) in [5.74, 6) is -1.41. The Bertz CT molecular complexity index is 1110. The zero-order chi connectivity index (χ0) is 20.8. The summed E-state index contributed by atoms with van der Waals surface area (Å²) in [6.07, 6.45) is 1.10. The van der Waals surface area contributed by atoms with E-state index in [0.717, 1.165) is 0 Å². The Balaban J connectivity index is 1.70. The van der Waals surface area contributed by atoms with Gasteiger partial charge in [-0.3, -0.25) is 25.2 Å². The van der Waals surface area contributed by atoms with E-state index in [4.69, 9.17) is 0 Å². The van der Waals surface area contributed by atoms with E-state index < -0.39 is 11.8 Å². The normalized spacial score (nSPS) is 10.7. The van der Waals surface area contributed by atoms with Crippen molar-refractivity contribution in [2.75, 3.05) is 0 Å². The number of aromatic nitrogens is 2. The van der Waals surface area contributed by atoms with Crippen LogP contribution < -0.4 is 16.4 Å². The second-order valence-corrected chi connectivity index (χ2v) is 6.55. The largest absolute Gasteiger partial charge is 0.290 e. The molecule has 0 saturated carbocycles. The average Bonchev–Trinajstić information content (AvgIpc) is 2.73. The highest BCUT2D eigenvalue weighted by atomic mass is 19.1. The molecule has 0 aliphatic heterocycles. The minimum Gasteiger partial charge on any atom is -0.273 e. The minimum absolute atomic E-state index is 0.0547. The summed E-state index contributed by atoms with van der Waals surface area (Å²) in [5, 5.41) is 4.97. The van der Waals surface area contributed by atoms with Crippen molar-refractivity contribution >= 4 is 22.6 Å². The first-order chi connectivity index (χ1) is 14.0. The summed E-state index contributed by atoms with van der Waals surface area (Å²) in [5.41, 5.74) is 5.15. The Hall–Kier alpha value is -3.55. The van der Waals surface area contributed by atoms with Crippen LogP contribution in [0.2, 0.25) is 0 Å². The second kappa shape index (κ2) is 9.09. The van der Waals surface area contributed by atoms with Gasteiger partial charge in [0, 0.05) is 18.4 Å². The monoisotopic (exact) mass is 396 g/mol. The molecule has 29 heavy (non-hydrogen) atoms. The van der Waals surface area contributed by atoms with Crippen LogP contribution in [0.1, 0.15) is 35.8 Å². The van der Waals surface area contributed by atoms with E-state index in [2.05, 4.69) is 16.0 Å². The number of halogens is 1. The number of hydrogen-bond acceptors (Lipinski definition) is 4. The van der Waals surface area contributed by atoms with Crippen molar-refractivity contribution in [3.8, 4) is 0 Å². The lowest BCUT2D eigenvalue weighted by molar-refractivity contribution is -0.121. The number of hydrogen-bond donors (Lipinski definition) is 2. The van der Waals surface area contributed by atoms with Gasteiger partial charge in [0.1, 0.15) is 5.82 Å². The number of hydrazine groups is 1. The molecule has 0 fully saturated rings. The zero-order valence-corrected chi connectivity index (χ0v) is 15.9. The molecular weight excluding hydrogens is 375 g/mol. The van der Waals surface area contributed by atoms with E-state index in [0.29, 0.717) is 35.7 Å². The SMILES string of the molecule is CCCn1nc(C(=O)NNC(=O)CCc2cccc(F)c2)c2ccccc2c1=O. The first kappa shape index (κ1) is 20.2. The summed E-state index contributed by atoms with van der Waals surface area (Å²) in [7, 11) is 0. The summed E-state index contributed by atoms with van der Waals surface area (Å²) in [4.78, 5) is 37.1. The number of amides is 2. The maximum absolute atomic E-state index is 13.2. The third-order valence-electron chi connectivity index (χ3n) is 4.36. The van der Waals surface area contributed by atoms with E-state index >= 15 is 0 Å². The van der Waals surface area contributed by atoms with E-state index in [-0.39, 0.29) is 23.5 Å². The van der Waals surface area contributed by atoms with Gasteiger partial charge in [0.2, 0.25) is 5.91 Å². The lowest BCUT2D eigenvalue weighted by atomic mass is 10.1. The fourth-order valence-electron chi connectivity index (χ4n) is 2.96. The Morgan fingerprint density at radius 3 is 2.55 bits per heavy atom. The first-order valence-electron chi connectivity index (χ1n) is 9.33. The van der Waals surface area contributed by atoms with Crippen LogP contribution in [0, 0.1) is 5.82 Å². The number of aryl methyl sites for hydroxylation is 2. The predicted octanol–water partition coefficient (Wildman–Crippen LogP) is 2.34. The van der Waals surface area contributed by atoms with Crippen molar-refractivity contribution in [1.82, 2.24) is 20.6 Å². The predicted molar refractivity (Wildman–Crippen MR) is 107 cm³/mol. The third kappa shape index (κ3) is 4.84. The van der Waals surface area contributed by atoms with Crippen molar-refractivity contribution in [3.05, 3.63) is 76.0 Å². The van der Waals surface area contributed by atoms with E-state index in [1.165, 1.54) is 16.8 Å². The standard InChI is InChI=1S/C21H21FN4O3/c1-2-12-26-21(29)17-9-4-3-8-16(17)19(25-26)20(28)24-23-18(27)11-10-14-6-5-7-15(22)13-14/h3-9,13H,2,10-12H2,1H3,(H,23,27)(H,24,28). The molecule has 3 rings (SSSR count). The lowest BCUT2D eigenvalue weighted by Crippen LogP contribution is -2.42. The molecular formula is C21H21FN4O3. The summed E-state index contributed by atoms with van der Waals surface area (Å²) in [6.45, 7) is 2.28. The van der Waals surface area contributed by atoms with Crippen LogP contribution >= 0.6 is 0 Å². The van der Waals surface area contributed by atoms with Crippen LogP contribution in [0.15, 0.2) is 53.3 Å². The van der Waals surface area contributed by atoms with Gasteiger partial charge in [-0.25, -0.2) is 9.07 Å². The van der Waals surface area contributed by atoms with Gasteiger partial charge in [-0.05, 0) is 36.6 Å². The Morgan fingerprint density at radius 2 is 1.83 bits per heavy atom. The minimum atomic E-state index is -0.620. The van der Waals surface area contributed by atoms with E-state index in [1.807, 2.05) is 6.92 Å². The van der Waals surface area contributed by atoms with E-state index in [1.54, 1.807) is 36.4 Å². The van der Waals surface area contributed by atoms with Gasteiger partial charge in [0.25, 0.3) is 11.5 Å². The number of rotatable bonds is 6. The van der Waals surface area contributed by atoms with Crippen molar-refractivity contribution < 1.29 is 14.0 Å². The van der Waals surface area contributed by atoms with Crippen molar-refractivity contribution in [2.24, 2.45) is 0 Å². The number of nitrogens with zero attached hydrogens (tertiary/aromatic N) is 2. The summed E-state index contributed by atoms with van der Waals surface area (Å²) < 4.78 is 14.4. The van der Waals surface area contributed by atoms with Gasteiger partial charge in [0.05, 0.1) is 5.39 Å². The molecule has 0 aliphatic rings. The number of fused-ring (bicyclic) bond motifs is 1. The molecule has 7 nitrogen and oxygen atoms in total. The molecule has 150 valence electrons. The maximum atomic E-state index is 13.2. The van der Waals surface area contributed by atoms with Crippen LogP contribution in [-0.2, 0) is 17.8 Å². The van der Waals surface area contributed by atoms with Gasteiger partial charge < -0.3 is 0 Å². The Morgan fingerprint density at radius 1 is 1.07 bits per heavy atom. The molecule has 0 radical (unpaired) electrons. The molecule has 0 unspecified atom stereocenters. The molecule has 2 N–H and O–H groups in total. The van der Waals surface area contributed by atoms with Crippen molar-refractivity contribution in [2.45, 2.75) is 32.7 Å². The molecule has 0 bridgehead atoms. The molecule has 8 heteroatoms. The van der Waals surface area contributed by atoms with Crippen LogP contribution in [0.3, 0.4) is 0 Å². The number of benzene rings is 2. The van der Waals surface area contributed by atoms with Crippen LogP contribution in [-0.4, -0.2) is 21.6 Å². The summed E-state index contributed by atoms with van der Waals surface area (Å²) in [6, 6.07) is 12.7. The average molecular weight is 396 g/mol. The molecule has 3 aromatic rings. The lowest BCUT2D eigenvalue weighted by Gasteiger charge is -2.11. The van der Waals surface area contributed by atoms with Gasteiger partial charge in [-0.1, -0.05) is 37.3 Å². The highest BCUT2D eigenvalue weighted by molar-refractivity contribution is 6.05. The quantitative estimate of drug-likeness (QED) is 0.626. The van der Waals surface area contributed by atoms with E-state index in [9.17, 15) is 18.8 Å². The first-order valence-corrected chi connectivity index (χ1v) is 9.33.